The van der Waals surface area contributed by atoms with Crippen LogP contribution in [0, 0.1) is 0 Å². The van der Waals surface area contributed by atoms with E-state index < -0.39 is 11.7 Å². The third-order valence-electron chi connectivity index (χ3n) is 4.86. The van der Waals surface area contributed by atoms with Crippen molar-refractivity contribution in [2.45, 2.75) is 45.8 Å². The van der Waals surface area contributed by atoms with Gasteiger partial charge >= 0.3 is 12.2 Å². The molecule has 0 aliphatic carbocycles. The lowest BCUT2D eigenvalue weighted by Crippen LogP contribution is -2.39. The van der Waals surface area contributed by atoms with Gasteiger partial charge in [0, 0.05) is 25.7 Å². The summed E-state index contributed by atoms with van der Waals surface area (Å²) in [6, 6.07) is 7.72. The van der Waals surface area contributed by atoms with Gasteiger partial charge in [-0.15, -0.1) is 0 Å². The summed E-state index contributed by atoms with van der Waals surface area (Å²) in [6.07, 6.45) is 1.71. The van der Waals surface area contributed by atoms with Crippen molar-refractivity contribution < 1.29 is 23.9 Å². The largest absolute Gasteiger partial charge is 0.444 e. The summed E-state index contributed by atoms with van der Waals surface area (Å²) in [7, 11) is 0. The van der Waals surface area contributed by atoms with Gasteiger partial charge < -0.3 is 19.7 Å². The molecule has 2 aliphatic heterocycles. The summed E-state index contributed by atoms with van der Waals surface area (Å²) in [5, 5.41) is 2.67. The van der Waals surface area contributed by atoms with Crippen LogP contribution in [0.3, 0.4) is 0 Å². The first-order valence-corrected chi connectivity index (χ1v) is 10.1. The Morgan fingerprint density at radius 2 is 1.93 bits per heavy atom. The molecule has 8 nitrogen and oxygen atoms in total. The molecule has 162 valence electrons. The maximum absolute atomic E-state index is 12.2. The van der Waals surface area contributed by atoms with E-state index in [0.29, 0.717) is 26.2 Å². The predicted octanol–water partition coefficient (Wildman–Crippen LogP) is 3.17. The van der Waals surface area contributed by atoms with Crippen LogP contribution in [0.25, 0.3) is 5.57 Å². The highest BCUT2D eigenvalue weighted by atomic mass is 16.6. The van der Waals surface area contributed by atoms with Crippen molar-refractivity contribution in [1.82, 2.24) is 10.2 Å². The van der Waals surface area contributed by atoms with Gasteiger partial charge in [0.05, 0.1) is 13.1 Å². The van der Waals surface area contributed by atoms with E-state index >= 15 is 0 Å². The average Bonchev–Trinajstić information content (AvgIpc) is 3.06. The molecular formula is C22H29N3O5. The van der Waals surface area contributed by atoms with E-state index in [0.717, 1.165) is 23.2 Å². The molecule has 0 bridgehead atoms. The van der Waals surface area contributed by atoms with E-state index in [9.17, 15) is 14.4 Å². The molecule has 3 rings (SSSR count). The SMILES string of the molecule is CC(=O)NCC1CN(c2ccc(C3=CCN(C(=O)OC(C)(C)C)CC3)cc2)C(=O)O1. The number of amides is 3. The maximum Gasteiger partial charge on any atom is 0.414 e. The molecule has 1 atom stereocenters. The lowest BCUT2D eigenvalue weighted by molar-refractivity contribution is -0.119. The molecule has 1 aromatic carbocycles. The molecule has 1 saturated heterocycles. The van der Waals surface area contributed by atoms with Crippen molar-refractivity contribution in [3.05, 3.63) is 35.9 Å². The third-order valence-corrected chi connectivity index (χ3v) is 4.86. The molecule has 2 aliphatic rings. The van der Waals surface area contributed by atoms with E-state index in [2.05, 4.69) is 5.32 Å². The number of carbonyl (C=O) groups is 3. The highest BCUT2D eigenvalue weighted by molar-refractivity contribution is 5.90. The Bertz CT molecular complexity index is 841. The van der Waals surface area contributed by atoms with Gasteiger partial charge in [-0.2, -0.15) is 0 Å². The maximum atomic E-state index is 12.2. The zero-order valence-corrected chi connectivity index (χ0v) is 17.9. The summed E-state index contributed by atoms with van der Waals surface area (Å²) in [4.78, 5) is 38.6. The van der Waals surface area contributed by atoms with E-state index in [4.69, 9.17) is 9.47 Å². The highest BCUT2D eigenvalue weighted by Gasteiger charge is 2.32. The monoisotopic (exact) mass is 415 g/mol. The van der Waals surface area contributed by atoms with E-state index in [1.54, 1.807) is 9.80 Å². The van der Waals surface area contributed by atoms with E-state index in [1.165, 1.54) is 6.92 Å². The van der Waals surface area contributed by atoms with Crippen molar-refractivity contribution in [2.24, 2.45) is 0 Å². The molecule has 8 heteroatoms. The summed E-state index contributed by atoms with van der Waals surface area (Å²) in [5.74, 6) is -0.153. The number of cyclic esters (lactones) is 1. The lowest BCUT2D eigenvalue weighted by Gasteiger charge is -2.29. The van der Waals surface area contributed by atoms with Crippen LogP contribution >= 0.6 is 0 Å². The Hall–Kier alpha value is -3.03. The van der Waals surface area contributed by atoms with Crippen LogP contribution in [0.4, 0.5) is 15.3 Å². The van der Waals surface area contributed by atoms with Crippen molar-refractivity contribution in [2.75, 3.05) is 31.1 Å². The first-order chi connectivity index (χ1) is 14.1. The number of rotatable bonds is 4. The number of hydrogen-bond donors (Lipinski definition) is 1. The summed E-state index contributed by atoms with van der Waals surface area (Å²) in [6.45, 7) is 8.81. The Kier molecular flexibility index (Phi) is 6.34. The number of nitrogens with zero attached hydrogens (tertiary/aromatic N) is 2. The van der Waals surface area contributed by atoms with Crippen LogP contribution in [0.15, 0.2) is 30.3 Å². The molecule has 1 unspecified atom stereocenters. The molecule has 1 N–H and O–H groups in total. The van der Waals surface area contributed by atoms with Crippen molar-refractivity contribution in [1.29, 1.82) is 0 Å². The fraction of sp³-hybridized carbons (Fsp3) is 0.500. The Labute approximate surface area is 176 Å². The second kappa shape index (κ2) is 8.77. The fourth-order valence-electron chi connectivity index (χ4n) is 3.38. The van der Waals surface area contributed by atoms with Crippen molar-refractivity contribution in [3.8, 4) is 0 Å². The summed E-state index contributed by atoms with van der Waals surface area (Å²) >= 11 is 0. The van der Waals surface area contributed by atoms with Crippen LogP contribution in [0.5, 0.6) is 0 Å². The Morgan fingerprint density at radius 3 is 2.50 bits per heavy atom. The van der Waals surface area contributed by atoms with Gasteiger partial charge in [0.1, 0.15) is 11.7 Å². The summed E-state index contributed by atoms with van der Waals surface area (Å²) in [5.41, 5.74) is 2.47. The third kappa shape index (κ3) is 5.52. The fourth-order valence-corrected chi connectivity index (χ4v) is 3.38. The van der Waals surface area contributed by atoms with Gasteiger partial charge in [0.25, 0.3) is 0 Å². The highest BCUT2D eigenvalue weighted by Crippen LogP contribution is 2.27. The number of benzene rings is 1. The van der Waals surface area contributed by atoms with Crippen LogP contribution < -0.4 is 10.2 Å². The van der Waals surface area contributed by atoms with Gasteiger partial charge in [0.2, 0.25) is 5.91 Å². The molecular weight excluding hydrogens is 386 g/mol. The molecule has 0 aromatic heterocycles. The second-order valence-electron chi connectivity index (χ2n) is 8.51. The minimum Gasteiger partial charge on any atom is -0.444 e. The smallest absolute Gasteiger partial charge is 0.414 e. The molecule has 3 amide bonds. The minimum absolute atomic E-state index is 0.153. The summed E-state index contributed by atoms with van der Waals surface area (Å²) < 4.78 is 10.7. The topological polar surface area (TPSA) is 88.2 Å². The van der Waals surface area contributed by atoms with Crippen LogP contribution in [-0.4, -0.2) is 60.9 Å². The number of nitrogens with one attached hydrogen (secondary N) is 1. The predicted molar refractivity (Wildman–Crippen MR) is 113 cm³/mol. The normalized spacial score (nSPS) is 19.3. The number of carbonyl (C=O) groups excluding carboxylic acids is 3. The van der Waals surface area contributed by atoms with Crippen LogP contribution in [0.1, 0.15) is 39.7 Å². The zero-order valence-electron chi connectivity index (χ0n) is 17.9. The molecule has 0 saturated carbocycles. The lowest BCUT2D eigenvalue weighted by atomic mass is 9.99. The molecule has 2 heterocycles. The standard InChI is InChI=1S/C22H29N3O5/c1-15(26)23-13-19-14-25(21(28)29-19)18-7-5-16(6-8-18)17-9-11-24(12-10-17)20(27)30-22(2,3)4/h5-9,19H,10-14H2,1-4H3,(H,23,26). The van der Waals surface area contributed by atoms with Gasteiger partial charge in [-0.1, -0.05) is 18.2 Å². The molecule has 1 fully saturated rings. The van der Waals surface area contributed by atoms with Gasteiger partial charge in [-0.3, -0.25) is 9.69 Å². The molecule has 30 heavy (non-hydrogen) atoms. The quantitative estimate of drug-likeness (QED) is 0.816. The Balaban J connectivity index is 1.59. The van der Waals surface area contributed by atoms with Crippen LogP contribution in [-0.2, 0) is 14.3 Å². The minimum atomic E-state index is -0.505. The van der Waals surface area contributed by atoms with Crippen molar-refractivity contribution in [3.63, 3.8) is 0 Å². The van der Waals surface area contributed by atoms with Crippen molar-refractivity contribution >= 4 is 29.4 Å². The van der Waals surface area contributed by atoms with E-state index in [-0.39, 0.29) is 18.1 Å². The molecule has 0 spiro atoms. The van der Waals surface area contributed by atoms with Gasteiger partial charge in [-0.25, -0.2) is 9.59 Å². The molecule has 1 aromatic rings. The molecule has 0 radical (unpaired) electrons. The van der Waals surface area contributed by atoms with Crippen LogP contribution in [0.2, 0.25) is 0 Å². The van der Waals surface area contributed by atoms with Gasteiger partial charge in [0.15, 0.2) is 0 Å². The van der Waals surface area contributed by atoms with Gasteiger partial charge in [-0.05, 0) is 50.5 Å². The first-order valence-electron chi connectivity index (χ1n) is 10.1. The first kappa shape index (κ1) is 21.7. The number of ether oxygens (including phenoxy) is 2. The number of anilines is 1. The Morgan fingerprint density at radius 1 is 1.23 bits per heavy atom. The second-order valence-corrected chi connectivity index (χ2v) is 8.51. The van der Waals surface area contributed by atoms with E-state index in [1.807, 2.05) is 51.1 Å². The average molecular weight is 415 g/mol. The number of hydrogen-bond acceptors (Lipinski definition) is 5. The zero-order chi connectivity index (χ0) is 21.9.